The normalized spacial score (nSPS) is 10.6. The van der Waals surface area contributed by atoms with Gasteiger partial charge in [0, 0.05) is 37.5 Å². The van der Waals surface area contributed by atoms with Crippen molar-refractivity contribution in [1.29, 1.82) is 0 Å². The molecule has 2 aromatic carbocycles. The summed E-state index contributed by atoms with van der Waals surface area (Å²) in [6, 6.07) is 8.48. The molecule has 0 spiro atoms. The highest BCUT2D eigenvalue weighted by atomic mass is 79.9. The quantitative estimate of drug-likeness (QED) is 0.297. The smallest absolute Gasteiger partial charge is 0.0401 e. The van der Waals surface area contributed by atoms with Crippen molar-refractivity contribution >= 4 is 99.0 Å². The van der Waals surface area contributed by atoms with Gasteiger partial charge in [0.1, 0.15) is 0 Å². The van der Waals surface area contributed by atoms with Crippen LogP contribution in [0, 0.1) is 0 Å². The van der Waals surface area contributed by atoms with Gasteiger partial charge >= 0.3 is 0 Å². The fourth-order valence-corrected chi connectivity index (χ4v) is 7.82. The first-order valence-corrected chi connectivity index (χ1v) is 11.9. The summed E-state index contributed by atoms with van der Waals surface area (Å²) in [4.78, 5) is 4.56. The van der Waals surface area contributed by atoms with Crippen LogP contribution >= 0.6 is 99.0 Å². The van der Waals surface area contributed by atoms with Crippen LogP contribution in [-0.4, -0.2) is 0 Å². The van der Waals surface area contributed by atoms with Crippen molar-refractivity contribution in [3.05, 3.63) is 66.1 Å². The largest absolute Gasteiger partial charge is 0.0963 e. The molecule has 0 atom stereocenters. The summed E-state index contributed by atoms with van der Waals surface area (Å²) in [7, 11) is 0. The Morgan fingerprint density at radius 2 is 0.957 bits per heavy atom. The maximum atomic E-state index is 3.77. The lowest BCUT2D eigenvalue weighted by molar-refractivity contribution is 1.25. The van der Waals surface area contributed by atoms with E-state index in [1.807, 2.05) is 10.8 Å². The van der Waals surface area contributed by atoms with Crippen LogP contribution < -0.4 is 0 Å². The zero-order valence-electron chi connectivity index (χ0n) is 11.6. The molecule has 0 nitrogen and oxygen atoms in total. The van der Waals surface area contributed by atoms with E-state index in [9.17, 15) is 0 Å². The highest BCUT2D eigenvalue weighted by Gasteiger charge is 2.11. The standard InChI is InChI=1S/C16H10Br4S3/c1-3-21-15-11(17)5-9(6-12(15)18)23-10-7-13(19)16(22-4-2)14(20)8-10/h3-8H,1-2H2. The Kier molecular flexibility index (Phi) is 8.39. The van der Waals surface area contributed by atoms with Crippen LogP contribution in [0.2, 0.25) is 0 Å². The summed E-state index contributed by atoms with van der Waals surface area (Å²) >= 11 is 19.4. The van der Waals surface area contributed by atoms with Crippen LogP contribution in [0.1, 0.15) is 0 Å². The number of thioether (sulfide) groups is 2. The molecule has 0 aliphatic heterocycles. The van der Waals surface area contributed by atoms with Crippen molar-refractivity contribution in [3.8, 4) is 0 Å². The summed E-state index contributed by atoms with van der Waals surface area (Å²) in [6.45, 7) is 7.54. The molecule has 0 unspecified atom stereocenters. The Hall–Kier alpha value is 0.890. The van der Waals surface area contributed by atoms with Gasteiger partial charge in [-0.1, -0.05) is 48.4 Å². The van der Waals surface area contributed by atoms with E-state index in [4.69, 9.17) is 0 Å². The molecule has 0 aliphatic rings. The van der Waals surface area contributed by atoms with Crippen LogP contribution in [0.5, 0.6) is 0 Å². The molecule has 0 amide bonds. The van der Waals surface area contributed by atoms with Gasteiger partial charge in [0.25, 0.3) is 0 Å². The first-order chi connectivity index (χ1) is 11.0. The molecule has 0 N–H and O–H groups in total. The Labute approximate surface area is 182 Å². The summed E-state index contributed by atoms with van der Waals surface area (Å²) in [5.41, 5.74) is 0. The van der Waals surface area contributed by atoms with Crippen LogP contribution in [0.4, 0.5) is 0 Å². The Balaban J connectivity index is 2.32. The lowest BCUT2D eigenvalue weighted by atomic mass is 10.4. The minimum absolute atomic E-state index is 1.05. The molecular formula is C16H10Br4S3. The van der Waals surface area contributed by atoms with Gasteiger partial charge in [-0.2, -0.15) is 0 Å². The minimum atomic E-state index is 1.05. The zero-order chi connectivity index (χ0) is 17.0. The SMILES string of the molecule is C=CSc1c(Br)cc(Sc2cc(Br)c(SC=C)c(Br)c2)cc1Br. The molecule has 7 heteroatoms. The topological polar surface area (TPSA) is 0 Å². The van der Waals surface area contributed by atoms with Gasteiger partial charge in [-0.05, 0) is 98.8 Å². The van der Waals surface area contributed by atoms with E-state index in [-0.39, 0.29) is 0 Å². The molecule has 0 aromatic heterocycles. The number of rotatable bonds is 6. The maximum Gasteiger partial charge on any atom is 0.0401 e. The predicted molar refractivity (Wildman–Crippen MR) is 120 cm³/mol. The minimum Gasteiger partial charge on any atom is -0.0963 e. The molecule has 0 heterocycles. The average molecular weight is 618 g/mol. The average Bonchev–Trinajstić information content (AvgIpc) is 2.47. The summed E-state index contributed by atoms with van der Waals surface area (Å²) < 4.78 is 4.21. The van der Waals surface area contributed by atoms with Gasteiger partial charge in [-0.25, -0.2) is 0 Å². The molecule has 120 valence electrons. The number of hydrogen-bond acceptors (Lipinski definition) is 3. The molecule has 0 bridgehead atoms. The van der Waals surface area contributed by atoms with Crippen molar-refractivity contribution < 1.29 is 0 Å². The number of benzene rings is 2. The Bertz CT molecular complexity index is 649. The van der Waals surface area contributed by atoms with Gasteiger partial charge in [0.15, 0.2) is 0 Å². The third kappa shape index (κ3) is 5.43. The van der Waals surface area contributed by atoms with Gasteiger partial charge in [-0.3, -0.25) is 0 Å². The van der Waals surface area contributed by atoms with Crippen LogP contribution in [0.15, 0.2) is 85.7 Å². The molecule has 23 heavy (non-hydrogen) atoms. The van der Waals surface area contributed by atoms with E-state index in [2.05, 4.69) is 101 Å². The molecule has 2 rings (SSSR count). The first-order valence-electron chi connectivity index (χ1n) is 6.17. The number of halogens is 4. The van der Waals surface area contributed by atoms with E-state index in [1.54, 1.807) is 35.3 Å². The molecule has 0 radical (unpaired) electrons. The van der Waals surface area contributed by atoms with E-state index in [0.717, 1.165) is 37.5 Å². The maximum absolute atomic E-state index is 3.77. The molecule has 0 saturated heterocycles. The monoisotopic (exact) mass is 614 g/mol. The highest BCUT2D eigenvalue weighted by molar-refractivity contribution is 9.11. The summed E-state index contributed by atoms with van der Waals surface area (Å²) in [6.07, 6.45) is 0. The third-order valence-electron chi connectivity index (χ3n) is 2.58. The van der Waals surface area contributed by atoms with Crippen molar-refractivity contribution in [2.45, 2.75) is 19.6 Å². The molecule has 0 saturated carbocycles. The van der Waals surface area contributed by atoms with Crippen LogP contribution in [0.25, 0.3) is 0 Å². The zero-order valence-corrected chi connectivity index (χ0v) is 20.4. The van der Waals surface area contributed by atoms with Crippen molar-refractivity contribution in [2.75, 3.05) is 0 Å². The van der Waals surface area contributed by atoms with E-state index in [1.165, 1.54) is 0 Å². The second kappa shape index (κ2) is 9.55. The fraction of sp³-hybridized carbons (Fsp3) is 0. The second-order valence-electron chi connectivity index (χ2n) is 4.10. The summed E-state index contributed by atoms with van der Waals surface area (Å²) in [5.74, 6) is 0. The van der Waals surface area contributed by atoms with Crippen molar-refractivity contribution in [1.82, 2.24) is 0 Å². The Morgan fingerprint density at radius 3 is 1.22 bits per heavy atom. The lowest BCUT2D eigenvalue weighted by Crippen LogP contribution is -1.83. The Morgan fingerprint density at radius 1 is 0.652 bits per heavy atom. The highest BCUT2D eigenvalue weighted by Crippen LogP contribution is 2.43. The van der Waals surface area contributed by atoms with E-state index < -0.39 is 0 Å². The van der Waals surface area contributed by atoms with E-state index >= 15 is 0 Å². The molecular weight excluding hydrogens is 608 g/mol. The van der Waals surface area contributed by atoms with Gasteiger partial charge in [-0.15, -0.1) is 0 Å². The van der Waals surface area contributed by atoms with Crippen molar-refractivity contribution in [3.63, 3.8) is 0 Å². The van der Waals surface area contributed by atoms with Crippen molar-refractivity contribution in [2.24, 2.45) is 0 Å². The second-order valence-corrected chi connectivity index (χ2v) is 10.6. The van der Waals surface area contributed by atoms with Gasteiger partial charge in [0.05, 0.1) is 0 Å². The third-order valence-corrected chi connectivity index (χ3v) is 8.76. The number of hydrogen-bond donors (Lipinski definition) is 0. The van der Waals surface area contributed by atoms with Gasteiger partial charge in [0.2, 0.25) is 0 Å². The molecule has 2 aromatic rings. The molecule has 0 fully saturated rings. The molecule has 0 aliphatic carbocycles. The van der Waals surface area contributed by atoms with Crippen LogP contribution in [0.3, 0.4) is 0 Å². The first kappa shape index (κ1) is 20.2. The summed E-state index contributed by atoms with van der Waals surface area (Å²) in [5, 5.41) is 3.64. The van der Waals surface area contributed by atoms with Gasteiger partial charge < -0.3 is 0 Å². The van der Waals surface area contributed by atoms with Crippen LogP contribution in [-0.2, 0) is 0 Å². The fourth-order valence-electron chi connectivity index (χ4n) is 1.72. The van der Waals surface area contributed by atoms with E-state index in [0.29, 0.717) is 0 Å². The predicted octanol–water partition coefficient (Wildman–Crippen LogP) is 9.36. The lowest BCUT2D eigenvalue weighted by Gasteiger charge is -2.11.